The van der Waals surface area contributed by atoms with Crippen LogP contribution in [0.3, 0.4) is 0 Å². The molecule has 0 saturated heterocycles. The summed E-state index contributed by atoms with van der Waals surface area (Å²) in [6, 6.07) is 83.7. The third-order valence-corrected chi connectivity index (χ3v) is 13.8. The molecule has 0 aliphatic heterocycles. The van der Waals surface area contributed by atoms with Crippen molar-refractivity contribution in [1.82, 2.24) is 4.57 Å². The summed E-state index contributed by atoms with van der Waals surface area (Å²) in [5.74, 6) is 0. The Morgan fingerprint density at radius 2 is 0.524 bits per heavy atom. The van der Waals surface area contributed by atoms with Crippen molar-refractivity contribution in [2.24, 2.45) is 0 Å². The lowest BCUT2D eigenvalue weighted by Crippen LogP contribution is -1.94. The molecule has 0 spiro atoms. The van der Waals surface area contributed by atoms with Gasteiger partial charge < -0.3 is 4.57 Å². The van der Waals surface area contributed by atoms with Crippen LogP contribution >= 0.6 is 0 Å². The molecule has 0 bridgehead atoms. The molecule has 0 amide bonds. The highest BCUT2D eigenvalue weighted by Crippen LogP contribution is 2.41. The Labute approximate surface area is 364 Å². The van der Waals surface area contributed by atoms with Crippen LogP contribution in [0.1, 0.15) is 0 Å². The van der Waals surface area contributed by atoms with Crippen LogP contribution in [0.25, 0.3) is 137 Å². The van der Waals surface area contributed by atoms with Gasteiger partial charge in [-0.25, -0.2) is 0 Å². The highest BCUT2D eigenvalue weighted by atomic mass is 15.0. The molecule has 14 rings (SSSR count). The predicted octanol–water partition coefficient (Wildman–Crippen LogP) is 17.2. The van der Waals surface area contributed by atoms with Gasteiger partial charge in [0.05, 0.1) is 11.0 Å². The lowest BCUT2D eigenvalue weighted by atomic mass is 9.91. The molecule has 0 atom stereocenters. The molecule has 0 aliphatic carbocycles. The number of aromatic nitrogens is 1. The zero-order valence-corrected chi connectivity index (χ0v) is 34.3. The minimum Gasteiger partial charge on any atom is -0.309 e. The molecule has 63 heavy (non-hydrogen) atoms. The Morgan fingerprint density at radius 3 is 0.905 bits per heavy atom. The number of hydrogen-bond donors (Lipinski definition) is 0. The monoisotopic (exact) mass is 795 g/mol. The molecule has 1 heterocycles. The van der Waals surface area contributed by atoms with Crippen molar-refractivity contribution in [2.45, 2.75) is 0 Å². The first kappa shape index (κ1) is 34.5. The summed E-state index contributed by atoms with van der Waals surface area (Å²) in [5.41, 5.74) is 13.3. The van der Waals surface area contributed by atoms with Gasteiger partial charge in [0.15, 0.2) is 0 Å². The van der Waals surface area contributed by atoms with Crippen LogP contribution in [0.2, 0.25) is 0 Å². The average Bonchev–Trinajstić information content (AvgIpc) is 3.68. The maximum absolute atomic E-state index is 2.44. The van der Waals surface area contributed by atoms with Crippen LogP contribution < -0.4 is 0 Å². The fourth-order valence-electron chi connectivity index (χ4n) is 10.8. The maximum atomic E-state index is 2.44. The van der Waals surface area contributed by atoms with E-state index < -0.39 is 0 Å². The zero-order valence-electron chi connectivity index (χ0n) is 34.3. The Balaban J connectivity index is 0.830. The first-order valence-electron chi connectivity index (χ1n) is 21.9. The van der Waals surface area contributed by atoms with Crippen molar-refractivity contribution in [1.29, 1.82) is 0 Å². The summed E-state index contributed by atoms with van der Waals surface area (Å²) >= 11 is 0. The Kier molecular flexibility index (Phi) is 7.17. The molecule has 0 fully saturated rings. The molecular weight excluding hydrogens is 759 g/mol. The van der Waals surface area contributed by atoms with Crippen molar-refractivity contribution >= 4 is 86.4 Å². The van der Waals surface area contributed by atoms with E-state index in [1.165, 1.54) is 131 Å². The second-order valence-electron chi connectivity index (χ2n) is 17.3. The third kappa shape index (κ3) is 5.24. The van der Waals surface area contributed by atoms with E-state index in [2.05, 4.69) is 229 Å². The van der Waals surface area contributed by atoms with Gasteiger partial charge in [0.1, 0.15) is 0 Å². The molecule has 0 aliphatic rings. The minimum atomic E-state index is 1.15. The number of fused-ring (bicyclic) bond motifs is 3. The van der Waals surface area contributed by atoms with E-state index in [-0.39, 0.29) is 0 Å². The maximum Gasteiger partial charge on any atom is 0.0547 e. The summed E-state index contributed by atoms with van der Waals surface area (Å²) in [4.78, 5) is 0. The van der Waals surface area contributed by atoms with E-state index >= 15 is 0 Å². The fraction of sp³-hybridized carbons (Fsp3) is 0. The smallest absolute Gasteiger partial charge is 0.0547 e. The summed E-state index contributed by atoms with van der Waals surface area (Å²) in [5, 5.41) is 18.3. The highest BCUT2D eigenvalue weighted by molar-refractivity contribution is 6.25. The van der Waals surface area contributed by atoms with Gasteiger partial charge in [-0.2, -0.15) is 0 Å². The summed E-state index contributed by atoms with van der Waals surface area (Å²) < 4.78 is 2.44. The van der Waals surface area contributed by atoms with Gasteiger partial charge in [0.2, 0.25) is 0 Å². The minimum absolute atomic E-state index is 1.15. The quantitative estimate of drug-likeness (QED) is 0.153. The van der Waals surface area contributed by atoms with Gasteiger partial charge in [-0.05, 0) is 158 Å². The van der Waals surface area contributed by atoms with Crippen LogP contribution in [-0.4, -0.2) is 4.57 Å². The third-order valence-electron chi connectivity index (χ3n) is 13.8. The first-order valence-corrected chi connectivity index (χ1v) is 21.9. The summed E-state index contributed by atoms with van der Waals surface area (Å²) in [7, 11) is 0. The summed E-state index contributed by atoms with van der Waals surface area (Å²) in [6.45, 7) is 0. The average molecular weight is 796 g/mol. The second kappa shape index (κ2) is 13.1. The molecule has 1 heteroatoms. The standard InChI is InChI=1S/C62H37N/c1-2-10-54(11-3-1)63-57-36-46(38-12-16-40(17-13-38)52-32-48-24-20-42-6-4-7-43-21-25-49(33-52)61(48)59(42)43)28-30-55(57)56-31-29-47(37-58(56)63)39-14-18-41(19-15-39)53-34-50-26-22-44-8-5-9-45-23-27-51(35-53)62(50)60(44)45/h1-37H. The Morgan fingerprint density at radius 1 is 0.206 bits per heavy atom. The zero-order chi connectivity index (χ0) is 41.2. The van der Waals surface area contributed by atoms with E-state index in [9.17, 15) is 0 Å². The number of para-hydroxylation sites is 1. The van der Waals surface area contributed by atoms with E-state index in [4.69, 9.17) is 0 Å². The molecule has 0 radical (unpaired) electrons. The van der Waals surface area contributed by atoms with Crippen molar-refractivity contribution in [2.75, 3.05) is 0 Å². The number of nitrogens with zero attached hydrogens (tertiary/aromatic N) is 1. The van der Waals surface area contributed by atoms with Gasteiger partial charge in [0.25, 0.3) is 0 Å². The number of hydrogen-bond acceptors (Lipinski definition) is 0. The normalized spacial score (nSPS) is 12.1. The van der Waals surface area contributed by atoms with Crippen molar-refractivity contribution in [3.63, 3.8) is 0 Å². The lowest BCUT2D eigenvalue weighted by Gasteiger charge is -2.13. The molecule has 0 saturated carbocycles. The molecular formula is C62H37N. The molecule has 13 aromatic carbocycles. The molecule has 1 nitrogen and oxygen atoms in total. The molecule has 290 valence electrons. The topological polar surface area (TPSA) is 4.93 Å². The van der Waals surface area contributed by atoms with Gasteiger partial charge >= 0.3 is 0 Å². The van der Waals surface area contributed by atoms with E-state index in [1.54, 1.807) is 0 Å². The van der Waals surface area contributed by atoms with Gasteiger partial charge in [-0.3, -0.25) is 0 Å². The van der Waals surface area contributed by atoms with Crippen LogP contribution in [-0.2, 0) is 0 Å². The van der Waals surface area contributed by atoms with Gasteiger partial charge in [-0.1, -0.05) is 176 Å². The second-order valence-corrected chi connectivity index (χ2v) is 17.3. The van der Waals surface area contributed by atoms with Crippen LogP contribution in [0, 0.1) is 0 Å². The van der Waals surface area contributed by atoms with Crippen LogP contribution in [0.5, 0.6) is 0 Å². The molecule has 0 unspecified atom stereocenters. The fourth-order valence-corrected chi connectivity index (χ4v) is 10.8. The van der Waals surface area contributed by atoms with Crippen molar-refractivity contribution in [3.05, 3.63) is 224 Å². The largest absolute Gasteiger partial charge is 0.309 e. The summed E-state index contributed by atoms with van der Waals surface area (Å²) in [6.07, 6.45) is 0. The van der Waals surface area contributed by atoms with E-state index in [0.717, 1.165) is 5.69 Å². The van der Waals surface area contributed by atoms with Crippen LogP contribution in [0.15, 0.2) is 224 Å². The predicted molar refractivity (Wildman–Crippen MR) is 270 cm³/mol. The first-order chi connectivity index (χ1) is 31.2. The lowest BCUT2D eigenvalue weighted by molar-refractivity contribution is 1.18. The van der Waals surface area contributed by atoms with Crippen molar-refractivity contribution in [3.8, 4) is 50.2 Å². The van der Waals surface area contributed by atoms with Crippen LogP contribution in [0.4, 0.5) is 0 Å². The highest BCUT2D eigenvalue weighted by Gasteiger charge is 2.17. The van der Waals surface area contributed by atoms with Gasteiger partial charge in [-0.15, -0.1) is 0 Å². The van der Waals surface area contributed by atoms with Crippen molar-refractivity contribution < 1.29 is 0 Å². The van der Waals surface area contributed by atoms with Gasteiger partial charge in [0, 0.05) is 16.5 Å². The molecule has 1 aromatic heterocycles. The molecule has 0 N–H and O–H groups in total. The number of benzene rings is 13. The van der Waals surface area contributed by atoms with E-state index in [0.29, 0.717) is 0 Å². The SMILES string of the molecule is c1ccc(-n2c3cc(-c4ccc(-c5cc6ccc7cccc8ccc(c5)c6c78)cc4)ccc3c3ccc(-c4ccc(-c5cc6ccc7cccc8ccc(c5)c6c78)cc4)cc32)cc1. The Bertz CT molecular complexity index is 3720. The number of rotatable bonds is 5. The molecule has 14 aromatic rings. The Hall–Kier alpha value is -8.26. The van der Waals surface area contributed by atoms with E-state index in [1.807, 2.05) is 0 Å².